The number of rotatable bonds is 6. The van der Waals surface area contributed by atoms with Crippen molar-refractivity contribution in [2.24, 2.45) is 0 Å². The van der Waals surface area contributed by atoms with Gasteiger partial charge in [-0.05, 0) is 60.7 Å². The van der Waals surface area contributed by atoms with Gasteiger partial charge in [0.1, 0.15) is 0 Å². The number of carbonyl (C=O) groups excluding carboxylic acids is 5. The second-order valence-electron chi connectivity index (χ2n) is 10.2. The summed E-state index contributed by atoms with van der Waals surface area (Å²) in [6.07, 6.45) is 10.8. The molecule has 2 N–H and O–H groups in total. The van der Waals surface area contributed by atoms with E-state index in [1.807, 2.05) is 0 Å². The molecule has 220 valence electrons. The van der Waals surface area contributed by atoms with Gasteiger partial charge in [-0.2, -0.15) is 0 Å². The highest BCUT2D eigenvalue weighted by Crippen LogP contribution is 2.33. The number of terminal acetylenes is 2. The molecule has 0 fully saturated rings. The number of ketones is 1. The van der Waals surface area contributed by atoms with Gasteiger partial charge in [-0.15, -0.1) is 12.8 Å². The van der Waals surface area contributed by atoms with Crippen molar-refractivity contribution >= 4 is 52.7 Å². The number of imide groups is 2. The van der Waals surface area contributed by atoms with Crippen LogP contribution in [-0.2, 0) is 0 Å². The van der Waals surface area contributed by atoms with Gasteiger partial charge in [-0.1, -0.05) is 24.0 Å². The largest absolute Gasteiger partial charge is 0.478 e. The van der Waals surface area contributed by atoms with E-state index in [1.54, 1.807) is 0 Å². The molecule has 46 heavy (non-hydrogen) atoms. The zero-order valence-corrected chi connectivity index (χ0v) is 23.2. The van der Waals surface area contributed by atoms with E-state index in [4.69, 9.17) is 12.8 Å². The number of hydrogen-bond donors (Lipinski definition) is 2. The molecule has 0 aromatic heterocycles. The fraction of sp³-hybridized carbons (Fsp3) is 0. The van der Waals surface area contributed by atoms with Crippen molar-refractivity contribution in [3.05, 3.63) is 128 Å². The SMILES string of the molecule is C#Cc1cc(C(=O)O)cc(N2C(=O)c3ccc(C(=O)c4ccc5c(c4)C(=O)N(c4cc(C#C)cc(C(=O)O)c4)C5=O)cc3C2=O)c1. The predicted molar refractivity (Wildman–Crippen MR) is 161 cm³/mol. The summed E-state index contributed by atoms with van der Waals surface area (Å²) in [5.74, 6) is -1.78. The van der Waals surface area contributed by atoms with Gasteiger partial charge in [0.15, 0.2) is 5.78 Å². The van der Waals surface area contributed by atoms with Crippen LogP contribution in [0.5, 0.6) is 0 Å². The first kappa shape index (κ1) is 29.0. The lowest BCUT2D eigenvalue weighted by Crippen LogP contribution is -2.29. The predicted octanol–water partition coefficient (Wildman–Crippen LogP) is 3.88. The van der Waals surface area contributed by atoms with Gasteiger partial charge in [-0.3, -0.25) is 24.0 Å². The van der Waals surface area contributed by atoms with Crippen LogP contribution in [0.1, 0.15) is 89.2 Å². The zero-order valence-electron chi connectivity index (χ0n) is 23.2. The molecule has 4 aromatic rings. The summed E-state index contributed by atoms with van der Waals surface area (Å²) in [5, 5.41) is 18.9. The highest BCUT2D eigenvalue weighted by molar-refractivity contribution is 6.36. The number of benzene rings is 4. The highest BCUT2D eigenvalue weighted by atomic mass is 16.4. The molecule has 0 radical (unpaired) electrons. The van der Waals surface area contributed by atoms with Gasteiger partial charge in [0.05, 0.1) is 44.8 Å². The highest BCUT2D eigenvalue weighted by Gasteiger charge is 2.39. The van der Waals surface area contributed by atoms with E-state index in [9.17, 15) is 43.8 Å². The van der Waals surface area contributed by atoms with Gasteiger partial charge >= 0.3 is 11.9 Å². The van der Waals surface area contributed by atoms with Gasteiger partial charge in [0.25, 0.3) is 23.6 Å². The maximum Gasteiger partial charge on any atom is 0.335 e. The summed E-state index contributed by atoms with van der Waals surface area (Å²) in [7, 11) is 0. The maximum absolute atomic E-state index is 13.5. The van der Waals surface area contributed by atoms with Crippen LogP contribution in [0.3, 0.4) is 0 Å². The summed E-state index contributed by atoms with van der Waals surface area (Å²) < 4.78 is 0. The Bertz CT molecular complexity index is 2090. The van der Waals surface area contributed by atoms with Crippen LogP contribution in [-0.4, -0.2) is 51.6 Å². The van der Waals surface area contributed by atoms with Gasteiger partial charge < -0.3 is 10.2 Å². The second-order valence-corrected chi connectivity index (χ2v) is 10.2. The molecular formula is C35H16N2O9. The minimum absolute atomic E-state index is 0.00764. The van der Waals surface area contributed by atoms with Crippen LogP contribution in [0, 0.1) is 24.7 Å². The minimum Gasteiger partial charge on any atom is -0.478 e. The summed E-state index contributed by atoms with van der Waals surface area (Å²) >= 11 is 0. The van der Waals surface area contributed by atoms with Crippen molar-refractivity contribution in [2.75, 3.05) is 9.80 Å². The first-order chi connectivity index (χ1) is 21.9. The average Bonchev–Trinajstić information content (AvgIpc) is 3.46. The van der Waals surface area contributed by atoms with Crippen molar-refractivity contribution in [2.45, 2.75) is 0 Å². The Labute approximate surface area is 259 Å². The normalized spacial score (nSPS) is 13.3. The number of carboxylic acids is 2. The lowest BCUT2D eigenvalue weighted by atomic mass is 9.96. The van der Waals surface area contributed by atoms with Crippen LogP contribution in [0.25, 0.3) is 0 Å². The van der Waals surface area contributed by atoms with Gasteiger partial charge in [0.2, 0.25) is 0 Å². The van der Waals surface area contributed by atoms with E-state index in [1.165, 1.54) is 60.7 Å². The molecule has 0 unspecified atom stereocenters. The number of carboxylic acid groups (broad SMARTS) is 2. The fourth-order valence-electron chi connectivity index (χ4n) is 5.29. The summed E-state index contributed by atoms with van der Waals surface area (Å²) in [5.41, 5.74) is -0.580. The monoisotopic (exact) mass is 608 g/mol. The quantitative estimate of drug-likeness (QED) is 0.188. The van der Waals surface area contributed by atoms with Crippen molar-refractivity contribution in [3.63, 3.8) is 0 Å². The number of fused-ring (bicyclic) bond motifs is 2. The molecule has 0 aliphatic carbocycles. The third kappa shape index (κ3) is 4.49. The molecule has 0 saturated carbocycles. The molecule has 6 rings (SSSR count). The van der Waals surface area contributed by atoms with E-state index in [2.05, 4.69) is 11.8 Å². The Hall–Kier alpha value is -7.11. The van der Waals surface area contributed by atoms with Crippen LogP contribution < -0.4 is 9.80 Å². The molecule has 4 amide bonds. The molecule has 11 nitrogen and oxygen atoms in total. The Morgan fingerprint density at radius 3 is 1.22 bits per heavy atom. The Kier molecular flexibility index (Phi) is 6.65. The summed E-state index contributed by atoms with van der Waals surface area (Å²) in [6.45, 7) is 0. The number of carbonyl (C=O) groups is 7. The van der Waals surface area contributed by atoms with E-state index in [0.717, 1.165) is 21.9 Å². The minimum atomic E-state index is -1.31. The lowest BCUT2D eigenvalue weighted by molar-refractivity contribution is 0.0686. The van der Waals surface area contributed by atoms with E-state index < -0.39 is 41.4 Å². The Morgan fingerprint density at radius 2 is 0.870 bits per heavy atom. The standard InChI is InChI=1S/C35H16N2O9/c1-3-17-9-21(34(43)44)13-23(11-17)36-30(39)25-7-5-19(15-27(25)32(36)41)29(38)20-6-8-26-28(16-20)33(42)37(31(26)40)24-12-18(4-2)10-22(14-24)35(45)46/h1-2,5-16H,(H,43,44)(H,45,46). The lowest BCUT2D eigenvalue weighted by Gasteiger charge is -2.15. The Balaban J connectivity index is 1.32. The number of aromatic carboxylic acids is 2. The molecule has 0 bridgehead atoms. The van der Waals surface area contributed by atoms with Crippen molar-refractivity contribution in [1.29, 1.82) is 0 Å². The van der Waals surface area contributed by atoms with E-state index in [-0.39, 0.29) is 67.0 Å². The molecule has 0 atom stereocenters. The molecule has 0 spiro atoms. The van der Waals surface area contributed by atoms with Crippen molar-refractivity contribution in [3.8, 4) is 24.7 Å². The van der Waals surface area contributed by atoms with E-state index in [0.29, 0.717) is 0 Å². The number of hydrogen-bond acceptors (Lipinski definition) is 7. The summed E-state index contributed by atoms with van der Waals surface area (Å²) in [4.78, 5) is 91.3. The molecule has 2 heterocycles. The van der Waals surface area contributed by atoms with Crippen LogP contribution >= 0.6 is 0 Å². The second kappa shape index (κ2) is 10.6. The molecule has 2 aliphatic heterocycles. The zero-order chi connectivity index (χ0) is 33.0. The van der Waals surface area contributed by atoms with Gasteiger partial charge in [-0.25, -0.2) is 19.4 Å². The molecule has 0 saturated heterocycles. The maximum atomic E-state index is 13.5. The van der Waals surface area contributed by atoms with Gasteiger partial charge in [0, 0.05) is 22.3 Å². The average molecular weight is 609 g/mol. The number of amides is 4. The Morgan fingerprint density at radius 1 is 0.500 bits per heavy atom. The van der Waals surface area contributed by atoms with E-state index >= 15 is 0 Å². The topological polar surface area (TPSA) is 166 Å². The smallest absolute Gasteiger partial charge is 0.335 e. The van der Waals surface area contributed by atoms with Crippen LogP contribution in [0.2, 0.25) is 0 Å². The van der Waals surface area contributed by atoms with Crippen molar-refractivity contribution < 1.29 is 43.8 Å². The number of anilines is 2. The molecule has 4 aromatic carbocycles. The molecular weight excluding hydrogens is 592 g/mol. The third-order valence-electron chi connectivity index (χ3n) is 7.48. The van der Waals surface area contributed by atoms with Crippen LogP contribution in [0.15, 0.2) is 72.8 Å². The molecule has 2 aliphatic rings. The molecule has 11 heteroatoms. The number of nitrogens with zero attached hydrogens (tertiary/aromatic N) is 2. The first-order valence-corrected chi connectivity index (χ1v) is 13.2. The fourth-order valence-corrected chi connectivity index (χ4v) is 5.29. The third-order valence-corrected chi connectivity index (χ3v) is 7.48. The summed E-state index contributed by atoms with van der Waals surface area (Å²) in [6, 6.07) is 15.0. The van der Waals surface area contributed by atoms with Crippen LogP contribution in [0.4, 0.5) is 11.4 Å². The van der Waals surface area contributed by atoms with Crippen molar-refractivity contribution in [1.82, 2.24) is 0 Å². The first-order valence-electron chi connectivity index (χ1n) is 13.2.